The van der Waals surface area contributed by atoms with Gasteiger partial charge in [-0.1, -0.05) is 6.07 Å². The molecule has 0 aliphatic heterocycles. The van der Waals surface area contributed by atoms with E-state index >= 15 is 0 Å². The van der Waals surface area contributed by atoms with Gasteiger partial charge in [0, 0.05) is 18.3 Å². The lowest BCUT2D eigenvalue weighted by Crippen LogP contribution is -2.43. The molecule has 1 aromatic rings. The fourth-order valence-corrected chi connectivity index (χ4v) is 2.65. The third-order valence-corrected chi connectivity index (χ3v) is 3.61. The number of sulfonamides is 1. The molecule has 0 saturated heterocycles. The predicted molar refractivity (Wildman–Crippen MR) is 64.6 cm³/mol. The second-order valence-electron chi connectivity index (χ2n) is 4.23. The molecule has 0 bridgehead atoms. The zero-order valence-electron chi connectivity index (χ0n) is 9.84. The SMILES string of the molecule is CC(C)(C#N)NS(=O)(=O)CCc1ccccn1. The maximum absolute atomic E-state index is 11.7. The van der Waals surface area contributed by atoms with Crippen LogP contribution >= 0.6 is 0 Å². The van der Waals surface area contributed by atoms with Crippen molar-refractivity contribution in [1.82, 2.24) is 9.71 Å². The minimum atomic E-state index is -3.46. The quantitative estimate of drug-likeness (QED) is 0.843. The van der Waals surface area contributed by atoms with E-state index in [0.29, 0.717) is 12.1 Å². The highest BCUT2D eigenvalue weighted by molar-refractivity contribution is 7.89. The van der Waals surface area contributed by atoms with Crippen LogP contribution < -0.4 is 4.72 Å². The molecule has 0 atom stereocenters. The molecule has 0 unspecified atom stereocenters. The highest BCUT2D eigenvalue weighted by atomic mass is 32.2. The summed E-state index contributed by atoms with van der Waals surface area (Å²) in [5, 5.41) is 8.75. The van der Waals surface area contributed by atoms with Crippen LogP contribution in [0.3, 0.4) is 0 Å². The zero-order valence-corrected chi connectivity index (χ0v) is 10.7. The maximum Gasteiger partial charge on any atom is 0.213 e. The summed E-state index contributed by atoms with van der Waals surface area (Å²) < 4.78 is 25.7. The van der Waals surface area contributed by atoms with Gasteiger partial charge in [-0.15, -0.1) is 0 Å². The van der Waals surface area contributed by atoms with E-state index in [-0.39, 0.29) is 5.75 Å². The Morgan fingerprint density at radius 2 is 2.18 bits per heavy atom. The molecule has 0 aromatic carbocycles. The monoisotopic (exact) mass is 253 g/mol. The summed E-state index contributed by atoms with van der Waals surface area (Å²) in [6.07, 6.45) is 1.95. The average molecular weight is 253 g/mol. The molecule has 1 aromatic heterocycles. The first kappa shape index (κ1) is 13.6. The Bertz CT molecular complexity index is 503. The molecular formula is C11H15N3O2S. The van der Waals surface area contributed by atoms with Gasteiger partial charge >= 0.3 is 0 Å². The number of rotatable bonds is 5. The van der Waals surface area contributed by atoms with Crippen molar-refractivity contribution < 1.29 is 8.42 Å². The van der Waals surface area contributed by atoms with Crippen LogP contribution in [0.2, 0.25) is 0 Å². The van der Waals surface area contributed by atoms with Gasteiger partial charge in [-0.2, -0.15) is 9.98 Å². The maximum atomic E-state index is 11.7. The van der Waals surface area contributed by atoms with E-state index in [4.69, 9.17) is 5.26 Å². The third kappa shape index (κ3) is 4.93. The van der Waals surface area contributed by atoms with E-state index < -0.39 is 15.6 Å². The highest BCUT2D eigenvalue weighted by Crippen LogP contribution is 2.04. The standard InChI is InChI=1S/C11H15N3O2S/c1-11(2,9-12)14-17(15,16)8-6-10-5-3-4-7-13-10/h3-5,7,14H,6,8H2,1-2H3. The molecule has 0 saturated carbocycles. The molecular weight excluding hydrogens is 238 g/mol. The summed E-state index contributed by atoms with van der Waals surface area (Å²) in [6.45, 7) is 3.04. The van der Waals surface area contributed by atoms with Crippen molar-refractivity contribution in [2.75, 3.05) is 5.75 Å². The van der Waals surface area contributed by atoms with Crippen molar-refractivity contribution in [2.45, 2.75) is 25.8 Å². The summed E-state index contributed by atoms with van der Waals surface area (Å²) in [5.74, 6) is -0.0743. The van der Waals surface area contributed by atoms with E-state index in [1.807, 2.05) is 12.1 Å². The van der Waals surface area contributed by atoms with Crippen LogP contribution in [-0.4, -0.2) is 24.7 Å². The van der Waals surface area contributed by atoms with Crippen molar-refractivity contribution in [3.63, 3.8) is 0 Å². The van der Waals surface area contributed by atoms with Crippen LogP contribution in [0.1, 0.15) is 19.5 Å². The van der Waals surface area contributed by atoms with Crippen LogP contribution in [0, 0.1) is 11.3 Å². The Balaban J connectivity index is 2.61. The average Bonchev–Trinajstić information content (AvgIpc) is 2.27. The van der Waals surface area contributed by atoms with Crippen molar-refractivity contribution in [2.24, 2.45) is 0 Å². The Morgan fingerprint density at radius 1 is 1.47 bits per heavy atom. The fraction of sp³-hybridized carbons (Fsp3) is 0.455. The summed E-state index contributed by atoms with van der Waals surface area (Å²) in [4.78, 5) is 4.04. The van der Waals surface area contributed by atoms with Crippen LogP contribution in [-0.2, 0) is 16.4 Å². The van der Waals surface area contributed by atoms with Gasteiger partial charge in [0.25, 0.3) is 0 Å². The van der Waals surface area contributed by atoms with E-state index in [1.165, 1.54) is 13.8 Å². The number of aryl methyl sites for hydroxylation is 1. The molecule has 1 rings (SSSR count). The Hall–Kier alpha value is -1.45. The fourth-order valence-electron chi connectivity index (χ4n) is 1.25. The molecule has 1 N–H and O–H groups in total. The van der Waals surface area contributed by atoms with Gasteiger partial charge in [0.05, 0.1) is 11.8 Å². The number of hydrogen-bond acceptors (Lipinski definition) is 4. The van der Waals surface area contributed by atoms with Gasteiger partial charge in [-0.05, 0) is 26.0 Å². The molecule has 0 fully saturated rings. The van der Waals surface area contributed by atoms with E-state index in [0.717, 1.165) is 0 Å². The van der Waals surface area contributed by atoms with Gasteiger partial charge in [0.2, 0.25) is 10.0 Å². The molecule has 1 heterocycles. The van der Waals surface area contributed by atoms with Gasteiger partial charge < -0.3 is 0 Å². The van der Waals surface area contributed by atoms with Crippen molar-refractivity contribution in [3.8, 4) is 6.07 Å². The Morgan fingerprint density at radius 3 is 2.71 bits per heavy atom. The van der Waals surface area contributed by atoms with Gasteiger partial charge in [-0.3, -0.25) is 4.98 Å². The first-order chi connectivity index (χ1) is 7.85. The molecule has 0 amide bonds. The molecule has 0 spiro atoms. The largest absolute Gasteiger partial charge is 0.261 e. The zero-order chi connectivity index (χ0) is 12.9. The summed E-state index contributed by atoms with van der Waals surface area (Å²) in [7, 11) is -3.46. The first-order valence-corrected chi connectivity index (χ1v) is 6.83. The van der Waals surface area contributed by atoms with Gasteiger partial charge in [-0.25, -0.2) is 8.42 Å². The molecule has 17 heavy (non-hydrogen) atoms. The number of hydrogen-bond donors (Lipinski definition) is 1. The normalized spacial score (nSPS) is 12.1. The highest BCUT2D eigenvalue weighted by Gasteiger charge is 2.24. The number of nitrogens with one attached hydrogen (secondary N) is 1. The van der Waals surface area contributed by atoms with Crippen molar-refractivity contribution in [1.29, 1.82) is 5.26 Å². The lowest BCUT2D eigenvalue weighted by molar-refractivity contribution is 0.535. The van der Waals surface area contributed by atoms with Crippen molar-refractivity contribution >= 4 is 10.0 Å². The number of nitriles is 1. The second kappa shape index (κ2) is 5.25. The molecule has 6 heteroatoms. The molecule has 0 aliphatic carbocycles. The Kier molecular flexibility index (Phi) is 4.21. The van der Waals surface area contributed by atoms with E-state index in [1.54, 1.807) is 18.3 Å². The minimum Gasteiger partial charge on any atom is -0.261 e. The predicted octanol–water partition coefficient (Wildman–Crippen LogP) is 0.846. The molecule has 92 valence electrons. The Labute approximate surface area is 102 Å². The van der Waals surface area contributed by atoms with Crippen LogP contribution in [0.4, 0.5) is 0 Å². The number of nitrogens with zero attached hydrogens (tertiary/aromatic N) is 2. The van der Waals surface area contributed by atoms with Crippen LogP contribution in [0.5, 0.6) is 0 Å². The first-order valence-electron chi connectivity index (χ1n) is 5.17. The lowest BCUT2D eigenvalue weighted by Gasteiger charge is -2.17. The van der Waals surface area contributed by atoms with Crippen molar-refractivity contribution in [3.05, 3.63) is 30.1 Å². The van der Waals surface area contributed by atoms with Crippen LogP contribution in [0.15, 0.2) is 24.4 Å². The summed E-state index contributed by atoms with van der Waals surface area (Å²) in [5.41, 5.74) is -0.365. The van der Waals surface area contributed by atoms with Crippen LogP contribution in [0.25, 0.3) is 0 Å². The minimum absolute atomic E-state index is 0.0743. The van der Waals surface area contributed by atoms with Gasteiger partial charge in [0.1, 0.15) is 5.54 Å². The smallest absolute Gasteiger partial charge is 0.213 e. The van der Waals surface area contributed by atoms with E-state index in [2.05, 4.69) is 9.71 Å². The summed E-state index contributed by atoms with van der Waals surface area (Å²) in [6, 6.07) is 7.24. The molecule has 5 nitrogen and oxygen atoms in total. The molecule has 0 radical (unpaired) electrons. The summed E-state index contributed by atoms with van der Waals surface area (Å²) >= 11 is 0. The lowest BCUT2D eigenvalue weighted by atomic mass is 10.1. The molecule has 0 aliphatic rings. The number of aromatic nitrogens is 1. The topological polar surface area (TPSA) is 82.9 Å². The third-order valence-electron chi connectivity index (χ3n) is 2.04. The van der Waals surface area contributed by atoms with E-state index in [9.17, 15) is 8.42 Å². The second-order valence-corrected chi connectivity index (χ2v) is 6.07. The number of pyridine rings is 1. The van der Waals surface area contributed by atoms with Gasteiger partial charge in [0.15, 0.2) is 0 Å².